The van der Waals surface area contributed by atoms with Gasteiger partial charge in [-0.2, -0.15) is 0 Å². The number of ether oxygens (including phenoxy) is 1. The number of halogens is 1. The Morgan fingerprint density at radius 1 is 1.16 bits per heavy atom. The van der Waals surface area contributed by atoms with Gasteiger partial charge in [0.1, 0.15) is 11.3 Å². The minimum absolute atomic E-state index is 0.0707. The van der Waals surface area contributed by atoms with E-state index in [0.717, 1.165) is 5.56 Å². The van der Waals surface area contributed by atoms with Gasteiger partial charge in [0.2, 0.25) is 17.7 Å². The van der Waals surface area contributed by atoms with Crippen molar-refractivity contribution in [1.82, 2.24) is 10.2 Å². The Bertz CT molecular complexity index is 1130. The first-order valence-corrected chi connectivity index (χ1v) is 10.7. The third kappa shape index (κ3) is 2.73. The molecular formula is C23H22ClN3O5. The number of anilines is 1. The molecule has 166 valence electrons. The number of nitrogens with zero attached hydrogens (tertiary/aromatic N) is 1. The van der Waals surface area contributed by atoms with Crippen molar-refractivity contribution in [3.63, 3.8) is 0 Å². The Kier molecular flexibility index (Phi) is 4.77. The van der Waals surface area contributed by atoms with E-state index in [-0.39, 0.29) is 6.54 Å². The van der Waals surface area contributed by atoms with Gasteiger partial charge < -0.3 is 15.2 Å². The van der Waals surface area contributed by atoms with E-state index in [1.807, 2.05) is 0 Å². The highest BCUT2D eigenvalue weighted by Crippen LogP contribution is 2.54. The molecule has 2 fully saturated rings. The van der Waals surface area contributed by atoms with Crippen molar-refractivity contribution < 1.29 is 24.2 Å². The third-order valence-corrected chi connectivity index (χ3v) is 7.06. The summed E-state index contributed by atoms with van der Waals surface area (Å²) in [7, 11) is 1.56. The van der Waals surface area contributed by atoms with E-state index in [0.29, 0.717) is 22.0 Å². The monoisotopic (exact) mass is 455 g/mol. The summed E-state index contributed by atoms with van der Waals surface area (Å²) in [4.78, 5) is 41.6. The van der Waals surface area contributed by atoms with Crippen LogP contribution < -0.4 is 15.4 Å². The molecule has 9 heteroatoms. The number of benzene rings is 2. The molecule has 0 aliphatic carbocycles. The normalized spacial score (nSPS) is 29.3. The molecule has 5 rings (SSSR count). The number of aliphatic hydroxyl groups excluding tert-OH is 1. The van der Waals surface area contributed by atoms with Crippen LogP contribution in [0.25, 0.3) is 0 Å². The number of amides is 3. The lowest BCUT2D eigenvalue weighted by Crippen LogP contribution is -2.54. The number of likely N-dealkylation sites (tertiary alicyclic amines) is 1. The van der Waals surface area contributed by atoms with Crippen molar-refractivity contribution in [2.24, 2.45) is 11.8 Å². The Morgan fingerprint density at radius 2 is 1.88 bits per heavy atom. The molecule has 8 nitrogen and oxygen atoms in total. The first kappa shape index (κ1) is 20.9. The van der Waals surface area contributed by atoms with Crippen molar-refractivity contribution in [1.29, 1.82) is 0 Å². The standard InChI is InChI=1S/C23H22ClN3O5/c1-11(28)18-16-17(23(26-18)14-4-3-5-15(24)19(14)25-22(23)31)21(30)27(20(16)29)10-12-6-8-13(32-2)9-7-12/h3-9,11,16-18,26,28H,10H2,1-2H3,(H,25,31)/t11-,16-,17-,18-,23+/m0/s1. The number of hydrogen-bond acceptors (Lipinski definition) is 6. The van der Waals surface area contributed by atoms with Crippen molar-refractivity contribution in [2.45, 2.75) is 31.2 Å². The van der Waals surface area contributed by atoms with Crippen molar-refractivity contribution >= 4 is 35.0 Å². The minimum atomic E-state index is -1.48. The molecule has 2 aromatic rings. The van der Waals surface area contributed by atoms with Gasteiger partial charge in [-0.1, -0.05) is 35.9 Å². The second kappa shape index (κ2) is 7.30. The van der Waals surface area contributed by atoms with Gasteiger partial charge in [0.25, 0.3) is 0 Å². The van der Waals surface area contributed by atoms with Crippen molar-refractivity contribution in [3.8, 4) is 5.75 Å². The lowest BCUT2D eigenvalue weighted by Gasteiger charge is -2.30. The van der Waals surface area contributed by atoms with E-state index in [1.165, 1.54) is 4.90 Å². The molecular weight excluding hydrogens is 434 g/mol. The fourth-order valence-corrected chi connectivity index (χ4v) is 5.49. The van der Waals surface area contributed by atoms with Crippen LogP contribution in [0.4, 0.5) is 5.69 Å². The summed E-state index contributed by atoms with van der Waals surface area (Å²) in [6, 6.07) is 11.4. The van der Waals surface area contributed by atoms with Crippen LogP contribution >= 0.6 is 11.6 Å². The fraction of sp³-hybridized carbons (Fsp3) is 0.348. The SMILES string of the molecule is COc1ccc(CN2C(=O)[C@@H]3[C@H]([C@H](C)O)N[C@@]4(C(=O)Nc5c(Cl)cccc54)[C@@H]3C2=O)cc1. The number of nitrogens with one attached hydrogen (secondary N) is 2. The van der Waals surface area contributed by atoms with Crippen LogP contribution in [0, 0.1) is 11.8 Å². The van der Waals surface area contributed by atoms with Crippen LogP contribution in [0.5, 0.6) is 5.75 Å². The molecule has 0 saturated carbocycles. The van der Waals surface area contributed by atoms with Gasteiger partial charge in [-0.15, -0.1) is 0 Å². The highest BCUT2D eigenvalue weighted by molar-refractivity contribution is 6.35. The van der Waals surface area contributed by atoms with Gasteiger partial charge >= 0.3 is 0 Å². The maximum Gasteiger partial charge on any atom is 0.250 e. The van der Waals surface area contributed by atoms with E-state index in [2.05, 4.69) is 10.6 Å². The van der Waals surface area contributed by atoms with E-state index in [1.54, 1.807) is 56.5 Å². The van der Waals surface area contributed by atoms with Gasteiger partial charge in [0.05, 0.1) is 42.3 Å². The van der Waals surface area contributed by atoms with Gasteiger partial charge in [-0.3, -0.25) is 24.6 Å². The van der Waals surface area contributed by atoms with Crippen LogP contribution in [0.15, 0.2) is 42.5 Å². The zero-order valence-electron chi connectivity index (χ0n) is 17.5. The first-order valence-electron chi connectivity index (χ1n) is 10.3. The van der Waals surface area contributed by atoms with Gasteiger partial charge in [0, 0.05) is 11.6 Å². The van der Waals surface area contributed by atoms with Crippen LogP contribution in [-0.4, -0.2) is 47.0 Å². The number of carbonyl (C=O) groups excluding carboxylic acids is 3. The maximum atomic E-state index is 13.6. The molecule has 3 aliphatic rings. The van der Waals surface area contributed by atoms with Crippen molar-refractivity contribution in [3.05, 3.63) is 58.6 Å². The Labute approximate surface area is 189 Å². The van der Waals surface area contributed by atoms with Crippen LogP contribution in [0.3, 0.4) is 0 Å². The summed E-state index contributed by atoms with van der Waals surface area (Å²) >= 11 is 6.30. The quantitative estimate of drug-likeness (QED) is 0.605. The minimum Gasteiger partial charge on any atom is -0.497 e. The lowest BCUT2D eigenvalue weighted by molar-refractivity contribution is -0.143. The molecule has 0 bridgehead atoms. The molecule has 0 aromatic heterocycles. The number of imide groups is 1. The van der Waals surface area contributed by atoms with Gasteiger partial charge in [-0.25, -0.2) is 0 Å². The van der Waals surface area contributed by atoms with Crippen LogP contribution in [-0.2, 0) is 26.5 Å². The molecule has 0 unspecified atom stereocenters. The molecule has 2 aromatic carbocycles. The molecule has 2 saturated heterocycles. The van der Waals surface area contributed by atoms with E-state index < -0.39 is 47.2 Å². The summed E-state index contributed by atoms with van der Waals surface area (Å²) in [5, 5.41) is 16.7. The molecule has 32 heavy (non-hydrogen) atoms. The molecule has 3 aliphatic heterocycles. The van der Waals surface area contributed by atoms with Crippen LogP contribution in [0.1, 0.15) is 18.1 Å². The largest absolute Gasteiger partial charge is 0.497 e. The average molecular weight is 456 g/mol. The van der Waals surface area contributed by atoms with Gasteiger partial charge in [0.15, 0.2) is 0 Å². The second-order valence-electron chi connectivity index (χ2n) is 8.45. The average Bonchev–Trinajstić information content (AvgIpc) is 3.36. The molecule has 0 radical (unpaired) electrons. The summed E-state index contributed by atoms with van der Waals surface area (Å²) in [5.74, 6) is -2.52. The lowest BCUT2D eigenvalue weighted by atomic mass is 9.76. The number of para-hydroxylation sites is 1. The molecule has 3 amide bonds. The fourth-order valence-electron chi connectivity index (χ4n) is 5.27. The summed E-state index contributed by atoms with van der Waals surface area (Å²) in [5.41, 5.74) is 0.210. The second-order valence-corrected chi connectivity index (χ2v) is 8.86. The smallest absolute Gasteiger partial charge is 0.250 e. The predicted octanol–water partition coefficient (Wildman–Crippen LogP) is 1.65. The number of carbonyl (C=O) groups is 3. The molecule has 5 atom stereocenters. The Morgan fingerprint density at radius 3 is 2.53 bits per heavy atom. The van der Waals surface area contributed by atoms with Gasteiger partial charge in [-0.05, 0) is 30.7 Å². The van der Waals surface area contributed by atoms with E-state index in [4.69, 9.17) is 16.3 Å². The first-order chi connectivity index (χ1) is 15.3. The number of methoxy groups -OCH3 is 1. The Hall–Kier alpha value is -2.94. The predicted molar refractivity (Wildman–Crippen MR) is 116 cm³/mol. The highest BCUT2D eigenvalue weighted by Gasteiger charge is 2.71. The maximum absolute atomic E-state index is 13.6. The number of rotatable bonds is 4. The zero-order valence-corrected chi connectivity index (χ0v) is 18.2. The van der Waals surface area contributed by atoms with Crippen molar-refractivity contribution in [2.75, 3.05) is 12.4 Å². The zero-order chi connectivity index (χ0) is 22.8. The van der Waals surface area contributed by atoms with E-state index >= 15 is 0 Å². The highest BCUT2D eigenvalue weighted by atomic mass is 35.5. The number of aliphatic hydroxyl groups is 1. The molecule has 3 N–H and O–H groups in total. The third-order valence-electron chi connectivity index (χ3n) is 6.74. The van der Waals surface area contributed by atoms with Crippen LogP contribution in [0.2, 0.25) is 5.02 Å². The Balaban J connectivity index is 1.58. The topological polar surface area (TPSA) is 108 Å². The summed E-state index contributed by atoms with van der Waals surface area (Å²) in [6.07, 6.45) is -0.962. The number of hydrogen-bond donors (Lipinski definition) is 3. The molecule has 3 heterocycles. The number of fused-ring (bicyclic) bond motifs is 4. The molecule has 1 spiro atoms. The van der Waals surface area contributed by atoms with E-state index in [9.17, 15) is 19.5 Å². The summed E-state index contributed by atoms with van der Waals surface area (Å²) < 4.78 is 5.16. The summed E-state index contributed by atoms with van der Waals surface area (Å²) in [6.45, 7) is 1.62.